The third-order valence-corrected chi connectivity index (χ3v) is 0.458. The van der Waals surface area contributed by atoms with Crippen LogP contribution in [0.5, 0.6) is 0 Å². The summed E-state index contributed by atoms with van der Waals surface area (Å²) in [6, 6.07) is 0. The molecular weight excluding hydrogens is 79.1 g/mol. The highest BCUT2D eigenvalue weighted by Gasteiger charge is 1.78. The van der Waals surface area contributed by atoms with Crippen LogP contribution in [0.1, 0.15) is 13.8 Å². The van der Waals surface area contributed by atoms with Crippen LogP contribution in [0.25, 0.3) is 0 Å². The van der Waals surface area contributed by atoms with Crippen molar-refractivity contribution in [3.63, 3.8) is 0 Å². The van der Waals surface area contributed by atoms with E-state index in [-0.39, 0.29) is 0 Å². The highest BCUT2D eigenvalue weighted by Crippen LogP contribution is 1.91. The van der Waals surface area contributed by atoms with Gasteiger partial charge < -0.3 is 0 Å². The van der Waals surface area contributed by atoms with Crippen molar-refractivity contribution in [2.24, 2.45) is 5.92 Å². The molecular formula is C5H9F. The van der Waals surface area contributed by atoms with Crippen LogP contribution in [0.2, 0.25) is 0 Å². The lowest BCUT2D eigenvalue weighted by Crippen LogP contribution is -1.72. The van der Waals surface area contributed by atoms with Crippen molar-refractivity contribution in [2.75, 3.05) is 0 Å². The van der Waals surface area contributed by atoms with Crippen LogP contribution in [0, 0.1) is 5.92 Å². The molecule has 0 amide bonds. The third kappa shape index (κ3) is 3.67. The van der Waals surface area contributed by atoms with E-state index in [4.69, 9.17) is 0 Å². The van der Waals surface area contributed by atoms with E-state index in [1.165, 1.54) is 6.08 Å². The molecule has 0 aliphatic rings. The van der Waals surface area contributed by atoms with Crippen LogP contribution in [-0.2, 0) is 0 Å². The number of halogens is 1. The molecule has 6 heavy (non-hydrogen) atoms. The molecule has 0 nitrogen and oxygen atoms in total. The summed E-state index contributed by atoms with van der Waals surface area (Å²) < 4.78 is 11.1. The summed E-state index contributed by atoms with van der Waals surface area (Å²) in [5, 5.41) is 0. The minimum absolute atomic E-state index is 0.343. The van der Waals surface area contributed by atoms with Crippen molar-refractivity contribution in [3.8, 4) is 0 Å². The zero-order valence-corrected chi connectivity index (χ0v) is 4.11. The van der Waals surface area contributed by atoms with Gasteiger partial charge in [-0.05, 0) is 5.92 Å². The fourth-order valence-corrected chi connectivity index (χ4v) is 0.145. The van der Waals surface area contributed by atoms with Gasteiger partial charge in [0, 0.05) is 0 Å². The number of rotatable bonds is 1. The first kappa shape index (κ1) is 5.67. The summed E-state index contributed by atoms with van der Waals surface area (Å²) in [5.74, 6) is 0.343. The Bertz CT molecular complexity index is 45.9. The normalized spacial score (nSPS) is 11.3. The maximum Gasteiger partial charge on any atom is 0.0829 e. The number of hydrogen-bond acceptors (Lipinski definition) is 0. The lowest BCUT2D eigenvalue weighted by Gasteiger charge is -1.85. The number of allylic oxidation sites excluding steroid dienone is 1. The maximum absolute atomic E-state index is 11.1. The molecule has 0 aromatic heterocycles. The van der Waals surface area contributed by atoms with Crippen molar-refractivity contribution < 1.29 is 4.39 Å². The zero-order valence-electron chi connectivity index (χ0n) is 4.11. The van der Waals surface area contributed by atoms with Crippen LogP contribution in [0.4, 0.5) is 4.39 Å². The summed E-state index contributed by atoms with van der Waals surface area (Å²) in [5.41, 5.74) is 0. The van der Waals surface area contributed by atoms with E-state index in [0.717, 1.165) is 0 Å². The van der Waals surface area contributed by atoms with Gasteiger partial charge in [-0.2, -0.15) is 0 Å². The number of hydrogen-bond donors (Lipinski definition) is 0. The average molecular weight is 88.1 g/mol. The van der Waals surface area contributed by atoms with Crippen molar-refractivity contribution in [3.05, 3.63) is 12.4 Å². The topological polar surface area (TPSA) is 0 Å². The van der Waals surface area contributed by atoms with Gasteiger partial charge in [-0.3, -0.25) is 0 Å². The minimum atomic E-state index is 0.343. The Morgan fingerprint density at radius 3 is 2.00 bits per heavy atom. The Labute approximate surface area is 37.7 Å². The summed E-state index contributed by atoms with van der Waals surface area (Å²) in [4.78, 5) is 0. The molecule has 0 atom stereocenters. The highest BCUT2D eigenvalue weighted by molar-refractivity contribution is 4.74. The third-order valence-electron chi connectivity index (χ3n) is 0.458. The average Bonchev–Trinajstić information content (AvgIpc) is 1.35. The van der Waals surface area contributed by atoms with Gasteiger partial charge in [0.2, 0.25) is 0 Å². The SMILES string of the molecule is CC(C)/C=C/F. The Morgan fingerprint density at radius 2 is 2.00 bits per heavy atom. The molecule has 0 aliphatic heterocycles. The second kappa shape index (κ2) is 2.88. The molecule has 0 spiro atoms. The molecule has 0 aromatic carbocycles. The molecule has 0 aromatic rings. The van der Waals surface area contributed by atoms with Gasteiger partial charge in [-0.15, -0.1) is 0 Å². The van der Waals surface area contributed by atoms with E-state index in [0.29, 0.717) is 12.2 Å². The van der Waals surface area contributed by atoms with Crippen LogP contribution < -0.4 is 0 Å². The molecule has 0 fully saturated rings. The van der Waals surface area contributed by atoms with Crippen LogP contribution in [0.3, 0.4) is 0 Å². The largest absolute Gasteiger partial charge is 0.216 e. The zero-order chi connectivity index (χ0) is 4.99. The molecule has 0 rings (SSSR count). The monoisotopic (exact) mass is 88.1 g/mol. The van der Waals surface area contributed by atoms with Gasteiger partial charge in [0.25, 0.3) is 0 Å². The van der Waals surface area contributed by atoms with E-state index in [1.54, 1.807) is 0 Å². The standard InChI is InChI=1S/C5H9F/c1-5(2)3-4-6/h3-5H,1-2H3/b4-3+. The van der Waals surface area contributed by atoms with Crippen LogP contribution in [0.15, 0.2) is 12.4 Å². The molecule has 0 aliphatic carbocycles. The van der Waals surface area contributed by atoms with Crippen molar-refractivity contribution >= 4 is 0 Å². The Hall–Kier alpha value is -0.330. The first-order chi connectivity index (χ1) is 2.77. The fourth-order valence-electron chi connectivity index (χ4n) is 0.145. The predicted molar refractivity (Wildman–Crippen MR) is 25.1 cm³/mol. The highest BCUT2D eigenvalue weighted by atomic mass is 19.1. The van der Waals surface area contributed by atoms with Gasteiger partial charge in [0.15, 0.2) is 0 Å². The maximum atomic E-state index is 11.1. The Morgan fingerprint density at radius 1 is 1.50 bits per heavy atom. The lowest BCUT2D eigenvalue weighted by atomic mass is 10.2. The molecule has 0 unspecified atom stereocenters. The second-order valence-corrected chi connectivity index (χ2v) is 1.56. The van der Waals surface area contributed by atoms with Gasteiger partial charge >= 0.3 is 0 Å². The molecule has 0 saturated carbocycles. The molecule has 36 valence electrons. The molecule has 0 radical (unpaired) electrons. The smallest absolute Gasteiger partial charge is 0.0829 e. The van der Waals surface area contributed by atoms with E-state index < -0.39 is 0 Å². The van der Waals surface area contributed by atoms with Gasteiger partial charge in [-0.25, -0.2) is 4.39 Å². The molecule has 0 heterocycles. The van der Waals surface area contributed by atoms with Crippen LogP contribution in [-0.4, -0.2) is 0 Å². The summed E-state index contributed by atoms with van der Waals surface area (Å²) in [7, 11) is 0. The van der Waals surface area contributed by atoms with Crippen LogP contribution >= 0.6 is 0 Å². The van der Waals surface area contributed by atoms with E-state index >= 15 is 0 Å². The lowest BCUT2D eigenvalue weighted by molar-refractivity contribution is 0.695. The van der Waals surface area contributed by atoms with Gasteiger partial charge in [0.05, 0.1) is 6.33 Å². The Kier molecular flexibility index (Phi) is 2.73. The minimum Gasteiger partial charge on any atom is -0.216 e. The van der Waals surface area contributed by atoms with E-state index in [1.807, 2.05) is 13.8 Å². The molecule has 0 saturated heterocycles. The quantitative estimate of drug-likeness (QED) is 0.460. The molecule has 0 bridgehead atoms. The second-order valence-electron chi connectivity index (χ2n) is 1.56. The predicted octanol–water partition coefficient (Wildman–Crippen LogP) is 2.13. The summed E-state index contributed by atoms with van der Waals surface area (Å²) >= 11 is 0. The van der Waals surface area contributed by atoms with Crippen molar-refractivity contribution in [2.45, 2.75) is 13.8 Å². The first-order valence-corrected chi connectivity index (χ1v) is 2.04. The van der Waals surface area contributed by atoms with Gasteiger partial charge in [0.1, 0.15) is 0 Å². The van der Waals surface area contributed by atoms with E-state index in [2.05, 4.69) is 0 Å². The molecule has 0 N–H and O–H groups in total. The van der Waals surface area contributed by atoms with Crippen molar-refractivity contribution in [1.29, 1.82) is 0 Å². The first-order valence-electron chi connectivity index (χ1n) is 2.04. The van der Waals surface area contributed by atoms with Gasteiger partial charge in [-0.1, -0.05) is 19.9 Å². The van der Waals surface area contributed by atoms with E-state index in [9.17, 15) is 4.39 Å². The van der Waals surface area contributed by atoms with Crippen molar-refractivity contribution in [1.82, 2.24) is 0 Å². The molecule has 1 heteroatoms. The summed E-state index contributed by atoms with van der Waals surface area (Å²) in [6.45, 7) is 3.85. The summed E-state index contributed by atoms with van der Waals surface area (Å²) in [6.07, 6.45) is 2.07. The fraction of sp³-hybridized carbons (Fsp3) is 0.600. The Balaban J connectivity index is 3.03.